The smallest absolute Gasteiger partial charge is 0.405 e. The van der Waals surface area contributed by atoms with Gasteiger partial charge in [-0.25, -0.2) is 14.4 Å². The third kappa shape index (κ3) is 24.1. The van der Waals surface area contributed by atoms with E-state index in [1.165, 1.54) is 66.8 Å². The Bertz CT molecular complexity index is 3850. The van der Waals surface area contributed by atoms with Crippen LogP contribution < -0.4 is 22.1 Å². The summed E-state index contributed by atoms with van der Waals surface area (Å²) in [6.07, 6.45) is 14.9. The highest BCUT2D eigenvalue weighted by molar-refractivity contribution is 6.33. The number of esters is 1. The average Bonchev–Trinajstić information content (AvgIpc) is 1.28. The zero-order chi connectivity index (χ0) is 79.1. The molecule has 4 heterocycles. The summed E-state index contributed by atoms with van der Waals surface area (Å²) < 4.78 is 60.9. The normalized spacial score (nSPS) is 32.3. The maximum atomic E-state index is 13.4. The van der Waals surface area contributed by atoms with E-state index in [0.717, 1.165) is 18.2 Å². The van der Waals surface area contributed by atoms with E-state index in [2.05, 4.69) is 10.6 Å². The number of hydrogen-bond acceptors (Lipinski definition) is 24. The van der Waals surface area contributed by atoms with Crippen LogP contribution in [0.15, 0.2) is 148 Å². The van der Waals surface area contributed by atoms with E-state index >= 15 is 0 Å². The molecule has 29 heteroatoms. The van der Waals surface area contributed by atoms with Crippen LogP contribution in [-0.4, -0.2) is 197 Å². The fraction of sp³-hybridized carbons (Fsp3) is 0.481. The number of carbonyl (C=O) groups is 10. The molecule has 0 saturated carbocycles. The predicted molar refractivity (Wildman–Crippen MR) is 388 cm³/mol. The molecule has 0 spiro atoms. The van der Waals surface area contributed by atoms with Crippen LogP contribution in [0.3, 0.4) is 0 Å². The largest absolute Gasteiger partial charge is 0.507 e. The molecule has 2 aliphatic carbocycles. The number of carbonyl (C=O) groups excluding carboxylic acids is 10. The van der Waals surface area contributed by atoms with E-state index < -0.39 is 132 Å². The minimum atomic E-state index is -1.00. The number of epoxide rings is 1. The lowest BCUT2D eigenvalue weighted by Crippen LogP contribution is -2.41. The second kappa shape index (κ2) is 41.0. The molecule has 9 N–H and O–H groups in total. The molecule has 4 amide bonds. The van der Waals surface area contributed by atoms with Gasteiger partial charge in [0.2, 0.25) is 17.3 Å². The molecule has 106 heavy (non-hydrogen) atoms. The summed E-state index contributed by atoms with van der Waals surface area (Å²) in [6, 6.07) is 0.958. The van der Waals surface area contributed by atoms with Gasteiger partial charge in [-0.1, -0.05) is 106 Å². The highest BCUT2D eigenvalue weighted by atomic mass is 35.5. The number of primary amides is 2. The number of fused-ring (bicyclic) bond motifs is 6. The number of aliphatic hydroxyl groups excluding tert-OH is 1. The van der Waals surface area contributed by atoms with Crippen molar-refractivity contribution in [2.45, 2.75) is 168 Å². The maximum absolute atomic E-state index is 13.4. The fourth-order valence-electron chi connectivity index (χ4n) is 12.8. The van der Waals surface area contributed by atoms with Gasteiger partial charge in [0.25, 0.3) is 11.8 Å². The van der Waals surface area contributed by atoms with E-state index in [-0.39, 0.29) is 104 Å². The standard InChI is InChI=1S/C30H42N2O9.C29H40N2O9.C18H17ClO6/c1-16-10-9-11-23(37-5)28(41-30(31)36)18(3)12-17(2)27(40-8)24(38-6)13-19(4)26(39-7)21-14-20(33)15-22(25(21)34)32-29(16)35;1-15-11-19-25(34)20(14-21(32)27(19)39-7)31-28(35)16(2)9-8-10-22(37-5)26(40-29(30)36)18(4)13-17(3)24(33)23(12-15)38-6;1-9-6-15-14(25-15)5-3-2-4-10(20)7-11-16(18(23)24-9)12(21)8-13(22)17(11)19/h9-12,14-15,17,19,23-24,26-28H,13H2,1-8H3,(H2,31,36)(H,32,35);8-10,13-15,17,22-24,26,33H,11-12H2,1-7H3,(H2,30,36)(H,31,35);2-5,8-9,14-15,21-22H,6-7H2,1H3/b11-9-,16-10+,18-12+;10-8-,16-9+,18-13+;4-2+,5-3-. The van der Waals surface area contributed by atoms with Gasteiger partial charge in [0, 0.05) is 113 Å². The van der Waals surface area contributed by atoms with Crippen molar-refractivity contribution in [1.29, 1.82) is 0 Å². The van der Waals surface area contributed by atoms with Gasteiger partial charge in [0.1, 0.15) is 41.5 Å². The number of ether oxygens (including phenoxy) is 11. The number of aliphatic hydroxyl groups is 1. The molecule has 1 saturated heterocycles. The second-order valence-corrected chi connectivity index (χ2v) is 26.8. The van der Waals surface area contributed by atoms with E-state index in [1.807, 2.05) is 32.9 Å². The van der Waals surface area contributed by atoms with Crippen LogP contribution in [0, 0.1) is 23.7 Å². The highest BCUT2D eigenvalue weighted by Gasteiger charge is 2.41. The summed E-state index contributed by atoms with van der Waals surface area (Å²) in [5.41, 5.74) is 12.2. The van der Waals surface area contributed by atoms with Gasteiger partial charge in [0.15, 0.2) is 29.5 Å². The lowest BCUT2D eigenvalue weighted by atomic mass is 9.84. The van der Waals surface area contributed by atoms with Crippen LogP contribution in [0.2, 0.25) is 5.02 Å². The number of phenolic OH excluding ortho intramolecular Hbond substituents is 2. The number of rotatable bonds is 9. The molecule has 4 aliphatic heterocycles. The second-order valence-electron chi connectivity index (χ2n) is 26.4. The zero-order valence-electron chi connectivity index (χ0n) is 62.5. The molecule has 1 aromatic rings. The first-order valence-corrected chi connectivity index (χ1v) is 34.5. The number of cyclic esters (lactones) is 1. The van der Waals surface area contributed by atoms with Crippen LogP contribution in [0.4, 0.5) is 9.59 Å². The van der Waals surface area contributed by atoms with Crippen molar-refractivity contribution >= 4 is 70.5 Å². The van der Waals surface area contributed by atoms with Gasteiger partial charge in [-0.3, -0.25) is 33.6 Å². The predicted octanol–water partition coefficient (Wildman–Crippen LogP) is 7.81. The van der Waals surface area contributed by atoms with Gasteiger partial charge >= 0.3 is 18.2 Å². The Kier molecular flexibility index (Phi) is 33.8. The monoisotopic (exact) mass is 1500 g/mol. The Balaban J connectivity index is 0.000000293. The van der Waals surface area contributed by atoms with Gasteiger partial charge in [-0.2, -0.15) is 0 Å². The Morgan fingerprint density at radius 1 is 0.623 bits per heavy atom. The maximum Gasteiger partial charge on any atom is 0.405 e. The molecule has 6 aliphatic rings. The fourth-order valence-corrected chi connectivity index (χ4v) is 13.0. The van der Waals surface area contributed by atoms with Crippen molar-refractivity contribution in [3.05, 3.63) is 164 Å². The lowest BCUT2D eigenvalue weighted by Gasteiger charge is -2.34. The number of aromatic hydroxyl groups is 2. The molecule has 1 fully saturated rings. The van der Waals surface area contributed by atoms with Gasteiger partial charge < -0.3 is 89.5 Å². The molecule has 7 rings (SSSR count). The van der Waals surface area contributed by atoms with Crippen molar-refractivity contribution < 1.29 is 115 Å². The molecule has 578 valence electrons. The SMILES string of the molecule is CC1CC2OC2/C=C\C=C\C(=O)Cc2c(Cl)c(O)cc(O)c2C(=O)O1.COC1/C=C\C=C(/C)C(=O)NC2=CC(=O)C=C(C2=O)C(OC)C(C)CC(OC)C(OC)C(C)/C=C(\C)C1OC(N)=O.COC1=C2CC(C)CC(OC)C(O)C(C)/C=C(\C)C(OC(N)=O)C(OC)/C=C\C=C(/C)C(=O)NC(=CC1=O)C2=O. The minimum absolute atomic E-state index is 0.0348. The summed E-state index contributed by atoms with van der Waals surface area (Å²) in [5.74, 6) is -6.47. The molecule has 16 atom stereocenters. The summed E-state index contributed by atoms with van der Waals surface area (Å²) in [7, 11) is 10.3. The first-order valence-electron chi connectivity index (χ1n) is 34.1. The molecule has 0 aromatic heterocycles. The number of halogens is 1. The van der Waals surface area contributed by atoms with Crippen molar-refractivity contribution in [2.75, 3.05) is 49.8 Å². The lowest BCUT2D eigenvalue weighted by molar-refractivity contribution is -0.121. The van der Waals surface area contributed by atoms with Crippen molar-refractivity contribution in [3.63, 3.8) is 0 Å². The summed E-state index contributed by atoms with van der Waals surface area (Å²) in [5, 5.41) is 35.9. The first-order chi connectivity index (χ1) is 50.1. The van der Waals surface area contributed by atoms with Crippen LogP contribution in [-0.2, 0) is 92.1 Å². The Morgan fingerprint density at radius 2 is 1.18 bits per heavy atom. The molecule has 0 radical (unpaired) electrons. The molecular weight excluding hydrogens is 1400 g/mol. The molecule has 28 nitrogen and oxygen atoms in total. The average molecular weight is 1500 g/mol. The summed E-state index contributed by atoms with van der Waals surface area (Å²) in [4.78, 5) is 126. The van der Waals surface area contributed by atoms with Crippen molar-refractivity contribution in [1.82, 2.24) is 10.6 Å². The van der Waals surface area contributed by atoms with E-state index in [0.29, 0.717) is 30.4 Å². The zero-order valence-corrected chi connectivity index (χ0v) is 63.2. The number of hydrogen-bond donors (Lipinski definition) is 7. The Hall–Kier alpha value is -9.23. The van der Waals surface area contributed by atoms with Crippen LogP contribution in [0.25, 0.3) is 0 Å². The van der Waals surface area contributed by atoms with E-state index in [1.54, 1.807) is 91.4 Å². The number of ketones is 5. The van der Waals surface area contributed by atoms with Crippen LogP contribution in [0.1, 0.15) is 104 Å². The summed E-state index contributed by atoms with van der Waals surface area (Å²) >= 11 is 6.05. The van der Waals surface area contributed by atoms with Gasteiger partial charge in [0.05, 0.1) is 60.2 Å². The number of amides is 4. The third-order valence-corrected chi connectivity index (χ3v) is 18.7. The van der Waals surface area contributed by atoms with Crippen molar-refractivity contribution in [2.24, 2.45) is 35.1 Å². The van der Waals surface area contributed by atoms with E-state index in [4.69, 9.17) is 75.2 Å². The highest BCUT2D eigenvalue weighted by Crippen LogP contribution is 2.39. The topological polar surface area (TPSA) is 412 Å². The van der Waals surface area contributed by atoms with E-state index in [9.17, 15) is 63.3 Å². The third-order valence-electron chi connectivity index (χ3n) is 18.3. The molecular formula is C77H99ClN4O24. The first kappa shape index (κ1) is 87.4. The number of benzene rings is 1. The number of Topliss-reactive ketones (excluding diaryl/α,β-unsaturated/α-hetero) is 2. The molecule has 1 aromatic carbocycles. The van der Waals surface area contributed by atoms with Crippen LogP contribution in [0.5, 0.6) is 11.5 Å². The van der Waals surface area contributed by atoms with Crippen molar-refractivity contribution in [3.8, 4) is 11.5 Å². The summed E-state index contributed by atoms with van der Waals surface area (Å²) in [6.45, 7) is 15.8. The number of methoxy groups -OCH3 is 7. The quantitative estimate of drug-likeness (QED) is 0.0407. The number of allylic oxidation sites excluding steroid dienone is 12. The molecule has 16 unspecified atom stereocenters. The Morgan fingerprint density at radius 3 is 1.70 bits per heavy atom. The number of nitrogens with two attached hydrogens (primary N) is 2. The van der Waals surface area contributed by atoms with Crippen LogP contribution >= 0.6 is 11.6 Å². The minimum Gasteiger partial charge on any atom is -0.507 e. The molecule has 4 bridgehead atoms. The van der Waals surface area contributed by atoms with Gasteiger partial charge in [-0.05, 0) is 89.0 Å². The number of phenols is 2. The van der Waals surface area contributed by atoms with Gasteiger partial charge in [-0.15, -0.1) is 0 Å². The number of nitrogens with one attached hydrogen (secondary N) is 2. The Labute approximate surface area is 621 Å².